The van der Waals surface area contributed by atoms with Gasteiger partial charge in [0.05, 0.1) is 44.1 Å². The summed E-state index contributed by atoms with van der Waals surface area (Å²) in [4.78, 5) is 43.6. The number of aliphatic hydroxyl groups excluding tert-OH is 1. The monoisotopic (exact) mass is 707 g/mol. The lowest BCUT2D eigenvalue weighted by Crippen LogP contribution is -2.59. The molecule has 2 aliphatic heterocycles. The first kappa shape index (κ1) is 37.6. The van der Waals surface area contributed by atoms with Crippen LogP contribution in [0.25, 0.3) is 11.3 Å². The molecule has 274 valence electrons. The molecule has 0 bridgehead atoms. The van der Waals surface area contributed by atoms with Gasteiger partial charge in [-0.1, -0.05) is 69.3 Å². The summed E-state index contributed by atoms with van der Waals surface area (Å²) in [6.07, 6.45) is -1.29. The maximum Gasteiger partial charge on any atom is 0.422 e. The molecule has 5 rings (SSSR count). The van der Waals surface area contributed by atoms with E-state index in [2.05, 4.69) is 21.0 Å². The van der Waals surface area contributed by atoms with Crippen molar-refractivity contribution in [3.05, 3.63) is 89.9 Å². The van der Waals surface area contributed by atoms with Gasteiger partial charge in [-0.05, 0) is 42.0 Å². The smallest absolute Gasteiger partial charge is 0.422 e. The number of amides is 3. The number of aliphatic hydroxyl groups is 1. The van der Waals surface area contributed by atoms with E-state index in [0.29, 0.717) is 13.0 Å². The average Bonchev–Trinajstić information content (AvgIpc) is 3.73. The molecule has 3 aromatic rings. The topological polar surface area (TPSA) is 161 Å². The van der Waals surface area contributed by atoms with Crippen LogP contribution in [0.1, 0.15) is 38.3 Å². The number of methoxy groups -OCH3 is 1. The van der Waals surface area contributed by atoms with E-state index in [0.717, 1.165) is 16.8 Å². The predicted octanol–water partition coefficient (Wildman–Crippen LogP) is 3.95. The highest BCUT2D eigenvalue weighted by molar-refractivity contribution is 5.86. The minimum atomic E-state index is -1.31. The number of alkyl carbamates (subject to hydrolysis) is 1. The highest BCUT2D eigenvalue weighted by Gasteiger charge is 2.44. The normalized spacial score (nSPS) is 20.2. The zero-order chi connectivity index (χ0) is 36.5. The van der Waals surface area contributed by atoms with Gasteiger partial charge in [0.15, 0.2) is 6.29 Å². The maximum atomic E-state index is 14.8. The van der Waals surface area contributed by atoms with Crippen LogP contribution < -0.4 is 16.1 Å². The number of carbonyl (C=O) groups excluding carboxylic acids is 3. The molecule has 0 saturated carbocycles. The van der Waals surface area contributed by atoms with Crippen molar-refractivity contribution in [2.45, 2.75) is 70.7 Å². The zero-order valence-electron chi connectivity index (χ0n) is 29.2. The molecule has 2 fully saturated rings. The van der Waals surface area contributed by atoms with Crippen molar-refractivity contribution >= 4 is 18.1 Å². The zero-order valence-corrected chi connectivity index (χ0v) is 29.2. The van der Waals surface area contributed by atoms with Crippen LogP contribution in [-0.2, 0) is 36.7 Å². The molecular formula is C37H46FN5O8. The number of halogens is 1. The van der Waals surface area contributed by atoms with Gasteiger partial charge in [-0.3, -0.25) is 15.2 Å². The molecule has 3 heterocycles. The molecule has 51 heavy (non-hydrogen) atoms. The third-order valence-corrected chi connectivity index (χ3v) is 8.96. The van der Waals surface area contributed by atoms with Crippen LogP contribution in [0.3, 0.4) is 0 Å². The van der Waals surface area contributed by atoms with Crippen molar-refractivity contribution in [1.29, 1.82) is 0 Å². The Morgan fingerprint density at radius 3 is 2.45 bits per heavy atom. The van der Waals surface area contributed by atoms with Crippen molar-refractivity contribution < 1.29 is 42.8 Å². The third kappa shape index (κ3) is 10.2. The van der Waals surface area contributed by atoms with Gasteiger partial charge in [0.1, 0.15) is 18.0 Å². The quantitative estimate of drug-likeness (QED) is 0.192. The maximum absolute atomic E-state index is 14.8. The highest BCUT2D eigenvalue weighted by atomic mass is 19.1. The number of pyridine rings is 1. The second-order valence-corrected chi connectivity index (χ2v) is 13.8. The van der Waals surface area contributed by atoms with Gasteiger partial charge < -0.3 is 34.7 Å². The van der Waals surface area contributed by atoms with Crippen molar-refractivity contribution in [2.75, 3.05) is 26.9 Å². The van der Waals surface area contributed by atoms with Gasteiger partial charge in [-0.2, -0.15) is 0 Å². The second-order valence-electron chi connectivity index (χ2n) is 13.8. The molecule has 2 aliphatic rings. The summed E-state index contributed by atoms with van der Waals surface area (Å²) in [7, 11) is 1.20. The molecule has 14 heteroatoms. The number of nitrogens with one attached hydrogen (secondary N) is 3. The van der Waals surface area contributed by atoms with Crippen LogP contribution in [0.2, 0.25) is 0 Å². The van der Waals surface area contributed by atoms with Gasteiger partial charge in [0.25, 0.3) is 0 Å². The van der Waals surface area contributed by atoms with Gasteiger partial charge in [-0.15, -0.1) is 0 Å². The van der Waals surface area contributed by atoms with E-state index in [9.17, 15) is 23.9 Å². The molecule has 13 nitrogen and oxygen atoms in total. The number of nitrogens with zero attached hydrogens (tertiary/aromatic N) is 2. The SMILES string of the molecule is COC(=O)NC(C(=O)NC(Cc1ccc(-c2ccccn2)cc1)C(O)CN(Cc1ccccc1F)NC(=O)OC1COC2OCCC12)C(C)(C)C. The Balaban J connectivity index is 1.37. The fourth-order valence-electron chi connectivity index (χ4n) is 6.18. The Hall–Kier alpha value is -4.63. The first-order chi connectivity index (χ1) is 24.4. The molecule has 4 N–H and O–H groups in total. The first-order valence-electron chi connectivity index (χ1n) is 16.9. The van der Waals surface area contributed by atoms with E-state index in [-0.39, 0.29) is 37.6 Å². The number of rotatable bonds is 13. The summed E-state index contributed by atoms with van der Waals surface area (Å²) in [5.41, 5.74) is 4.66. The Morgan fingerprint density at radius 2 is 1.76 bits per heavy atom. The third-order valence-electron chi connectivity index (χ3n) is 8.96. The second kappa shape index (κ2) is 17.1. The lowest BCUT2D eigenvalue weighted by molar-refractivity contribution is -0.127. The minimum absolute atomic E-state index is 0.0978. The van der Waals surface area contributed by atoms with E-state index >= 15 is 0 Å². The molecule has 1 aromatic heterocycles. The standard InChI is InChI=1S/C37H46FN5O8/c1-37(2,3)32(41-35(46)48-4)33(45)40-29(19-23-12-14-24(15-13-23)28-11-7-8-17-39-28)30(44)21-43(20-25-9-5-6-10-27(25)38)42-36(47)51-31-22-50-34-26(31)16-18-49-34/h5-15,17,26,29-32,34,44H,16,18-22H2,1-4H3,(H,40,45)(H,41,46)(H,42,47). The predicted molar refractivity (Wildman–Crippen MR) is 184 cm³/mol. The summed E-state index contributed by atoms with van der Waals surface area (Å²) in [6, 6.07) is 17.3. The average molecular weight is 708 g/mol. The molecule has 0 spiro atoms. The molecule has 0 radical (unpaired) electrons. The van der Waals surface area contributed by atoms with E-state index in [1.807, 2.05) is 42.5 Å². The van der Waals surface area contributed by atoms with Crippen LogP contribution in [0.5, 0.6) is 0 Å². The first-order valence-corrected chi connectivity index (χ1v) is 16.9. The number of benzene rings is 2. The van der Waals surface area contributed by atoms with Crippen LogP contribution in [-0.4, -0.2) is 90.6 Å². The molecule has 6 unspecified atom stereocenters. The van der Waals surface area contributed by atoms with Crippen LogP contribution in [0.15, 0.2) is 72.9 Å². The van der Waals surface area contributed by atoms with Crippen molar-refractivity contribution in [1.82, 2.24) is 26.1 Å². The molecule has 2 saturated heterocycles. The van der Waals surface area contributed by atoms with Gasteiger partial charge in [-0.25, -0.2) is 19.0 Å². The van der Waals surface area contributed by atoms with E-state index < -0.39 is 59.9 Å². The van der Waals surface area contributed by atoms with Crippen molar-refractivity contribution in [2.24, 2.45) is 11.3 Å². The van der Waals surface area contributed by atoms with Crippen molar-refractivity contribution in [3.63, 3.8) is 0 Å². The number of hydrogen-bond acceptors (Lipinski definition) is 10. The molecule has 3 amide bonds. The summed E-state index contributed by atoms with van der Waals surface area (Å²) >= 11 is 0. The lowest BCUT2D eigenvalue weighted by Gasteiger charge is -2.34. The summed E-state index contributed by atoms with van der Waals surface area (Å²) in [5, 5.41) is 18.7. The number of hydrogen-bond donors (Lipinski definition) is 4. The number of aromatic nitrogens is 1. The number of carbonyl (C=O) groups is 3. The Labute approximate surface area is 296 Å². The fourth-order valence-corrected chi connectivity index (χ4v) is 6.18. The van der Waals surface area contributed by atoms with Gasteiger partial charge in [0.2, 0.25) is 5.91 Å². The molecule has 0 aliphatic carbocycles. The summed E-state index contributed by atoms with van der Waals surface area (Å²) in [6.45, 7) is 5.69. The fraction of sp³-hybridized carbons (Fsp3) is 0.459. The highest BCUT2D eigenvalue weighted by Crippen LogP contribution is 2.33. The molecular weight excluding hydrogens is 661 g/mol. The van der Waals surface area contributed by atoms with E-state index in [4.69, 9.17) is 18.9 Å². The van der Waals surface area contributed by atoms with Gasteiger partial charge >= 0.3 is 12.2 Å². The van der Waals surface area contributed by atoms with Crippen LogP contribution in [0, 0.1) is 17.2 Å². The number of fused-ring (bicyclic) bond motifs is 1. The lowest BCUT2D eigenvalue weighted by atomic mass is 9.85. The van der Waals surface area contributed by atoms with E-state index in [1.165, 1.54) is 18.2 Å². The van der Waals surface area contributed by atoms with Crippen LogP contribution >= 0.6 is 0 Å². The molecule has 6 atom stereocenters. The summed E-state index contributed by atoms with van der Waals surface area (Å²) < 4.78 is 36.4. The van der Waals surface area contributed by atoms with E-state index in [1.54, 1.807) is 45.2 Å². The minimum Gasteiger partial charge on any atom is -0.453 e. The number of hydrazine groups is 1. The summed E-state index contributed by atoms with van der Waals surface area (Å²) in [5.74, 6) is -1.15. The number of ether oxygens (including phenoxy) is 4. The van der Waals surface area contributed by atoms with Gasteiger partial charge in [0, 0.05) is 30.4 Å². The molecule has 2 aromatic carbocycles. The Kier molecular flexibility index (Phi) is 12.6. The Bertz CT molecular complexity index is 1620. The largest absolute Gasteiger partial charge is 0.453 e. The van der Waals surface area contributed by atoms with Crippen LogP contribution in [0.4, 0.5) is 14.0 Å². The Morgan fingerprint density at radius 1 is 1.02 bits per heavy atom. The van der Waals surface area contributed by atoms with Crippen molar-refractivity contribution in [3.8, 4) is 11.3 Å².